The number of hydrogen-bond donors (Lipinski definition) is 0. The predicted octanol–water partition coefficient (Wildman–Crippen LogP) is 11.0. The Bertz CT molecular complexity index is 2420. The molecule has 0 bridgehead atoms. The molecule has 0 amide bonds. The first kappa shape index (κ1) is 25.4. The van der Waals surface area contributed by atoms with Crippen molar-refractivity contribution in [2.45, 2.75) is 31.4 Å². The summed E-state index contributed by atoms with van der Waals surface area (Å²) in [5.74, 6) is 0. The molecule has 0 N–H and O–H groups in total. The van der Waals surface area contributed by atoms with Gasteiger partial charge >= 0.3 is 0 Å². The highest BCUT2D eigenvalue weighted by molar-refractivity contribution is 7.04. The van der Waals surface area contributed by atoms with E-state index in [0.717, 1.165) is 0 Å². The van der Waals surface area contributed by atoms with Crippen LogP contribution in [0, 0.1) is 0 Å². The average Bonchev–Trinajstić information content (AvgIpc) is 3.12. The van der Waals surface area contributed by atoms with Crippen LogP contribution in [0.3, 0.4) is 0 Å². The zero-order chi connectivity index (χ0) is 29.5. The normalized spacial score (nSPS) is 15.7. The third-order valence-electron chi connectivity index (χ3n) is 11.0. The van der Waals surface area contributed by atoms with E-state index in [1.165, 1.54) is 102 Å². The van der Waals surface area contributed by atoms with Crippen molar-refractivity contribution in [1.82, 2.24) is 0 Å². The van der Waals surface area contributed by atoms with Gasteiger partial charge in [0.25, 0.3) is 0 Å². The molecule has 1 spiro atoms. The number of anilines is 3. The fraction of sp³-hybridized carbons (Fsp3) is 0.116. The molecule has 2 heterocycles. The molecule has 2 heteroatoms. The molecule has 45 heavy (non-hydrogen) atoms. The van der Waals surface area contributed by atoms with E-state index >= 15 is 0 Å². The Labute approximate surface area is 264 Å². The van der Waals surface area contributed by atoms with Gasteiger partial charge in [0.05, 0.1) is 0 Å². The molecule has 1 fully saturated rings. The molecule has 214 valence electrons. The van der Waals surface area contributed by atoms with Crippen LogP contribution in [0.1, 0.15) is 19.3 Å². The topological polar surface area (TPSA) is 3.24 Å². The number of benzene rings is 8. The summed E-state index contributed by atoms with van der Waals surface area (Å²) in [6, 6.07) is 55.8. The minimum absolute atomic E-state index is 1.25. The van der Waals surface area contributed by atoms with Gasteiger partial charge in [-0.1, -0.05) is 135 Å². The number of rotatable bonds is 1. The summed E-state index contributed by atoms with van der Waals surface area (Å²) in [5, 5.41) is 16.6. The standard InChI is InChI=1S/C43H33NSi/c1-12-26-45(27-13-1)40-22-10-8-20-38(40)44(39-21-9-11-23-41(39)45)29-24-25-33-32-16-4-6-18-35(32)42-34-17-5-2-14-30(34)31-15-3-7-19-36(31)43(42)37(33)28-29/h2-11,14-25,28H,1,12-13,26-27H2. The van der Waals surface area contributed by atoms with Gasteiger partial charge in [0, 0.05) is 17.1 Å². The van der Waals surface area contributed by atoms with E-state index in [1.54, 1.807) is 10.4 Å². The summed E-state index contributed by atoms with van der Waals surface area (Å²) >= 11 is 0. The summed E-state index contributed by atoms with van der Waals surface area (Å²) in [6.07, 6.45) is 4.08. The van der Waals surface area contributed by atoms with Gasteiger partial charge in [0.15, 0.2) is 0 Å². The van der Waals surface area contributed by atoms with Gasteiger partial charge in [-0.3, -0.25) is 0 Å². The van der Waals surface area contributed by atoms with Crippen LogP contribution in [-0.4, -0.2) is 8.07 Å². The SMILES string of the molecule is c1ccc2c(c1)N(c1ccc3c4ccccc4c4c5ccccc5c5ccccc5c4c3c1)c1ccccc1[Si]21CCCCC1. The highest BCUT2D eigenvalue weighted by Crippen LogP contribution is 2.47. The highest BCUT2D eigenvalue weighted by Gasteiger charge is 2.45. The summed E-state index contributed by atoms with van der Waals surface area (Å²) in [4.78, 5) is 2.58. The first-order valence-corrected chi connectivity index (χ1v) is 18.9. The van der Waals surface area contributed by atoms with Crippen LogP contribution < -0.4 is 15.3 Å². The second kappa shape index (κ2) is 9.54. The largest absolute Gasteiger partial charge is 0.311 e. The van der Waals surface area contributed by atoms with Crippen molar-refractivity contribution in [2.24, 2.45) is 0 Å². The van der Waals surface area contributed by atoms with E-state index in [9.17, 15) is 0 Å². The lowest BCUT2D eigenvalue weighted by molar-refractivity contribution is 0.720. The molecule has 8 aromatic carbocycles. The lowest BCUT2D eigenvalue weighted by Gasteiger charge is -2.46. The first-order chi connectivity index (χ1) is 22.3. The number of fused-ring (bicyclic) bond motifs is 15. The summed E-state index contributed by atoms with van der Waals surface area (Å²) in [7, 11) is -1.83. The van der Waals surface area contributed by atoms with Crippen LogP contribution in [0.15, 0.2) is 140 Å². The summed E-state index contributed by atoms with van der Waals surface area (Å²) < 4.78 is 0. The summed E-state index contributed by atoms with van der Waals surface area (Å²) in [6.45, 7) is 0. The van der Waals surface area contributed by atoms with Crippen molar-refractivity contribution in [3.8, 4) is 0 Å². The van der Waals surface area contributed by atoms with Crippen LogP contribution in [-0.2, 0) is 0 Å². The van der Waals surface area contributed by atoms with Crippen molar-refractivity contribution >= 4 is 89.4 Å². The van der Waals surface area contributed by atoms with Crippen molar-refractivity contribution in [2.75, 3.05) is 4.90 Å². The number of hydrogen-bond acceptors (Lipinski definition) is 1. The van der Waals surface area contributed by atoms with E-state index in [2.05, 4.69) is 144 Å². The van der Waals surface area contributed by atoms with Crippen LogP contribution in [0.25, 0.3) is 53.9 Å². The van der Waals surface area contributed by atoms with E-state index in [-0.39, 0.29) is 0 Å². The maximum Gasteiger partial charge on any atom is 0.123 e. The molecular formula is C43H33NSi. The molecular weight excluding hydrogens is 559 g/mol. The van der Waals surface area contributed by atoms with Gasteiger partial charge in [-0.2, -0.15) is 0 Å². The van der Waals surface area contributed by atoms with Gasteiger partial charge in [-0.15, -0.1) is 0 Å². The highest BCUT2D eigenvalue weighted by atomic mass is 28.3. The minimum atomic E-state index is -1.83. The van der Waals surface area contributed by atoms with Gasteiger partial charge in [0.1, 0.15) is 8.07 Å². The van der Waals surface area contributed by atoms with Crippen molar-refractivity contribution in [1.29, 1.82) is 0 Å². The second-order valence-corrected chi connectivity index (χ2v) is 17.4. The predicted molar refractivity (Wildman–Crippen MR) is 197 cm³/mol. The smallest absolute Gasteiger partial charge is 0.123 e. The minimum Gasteiger partial charge on any atom is -0.311 e. The number of para-hydroxylation sites is 2. The van der Waals surface area contributed by atoms with E-state index in [1.807, 2.05) is 0 Å². The Morgan fingerprint density at radius 3 is 1.33 bits per heavy atom. The van der Waals surface area contributed by atoms with Crippen molar-refractivity contribution in [3.63, 3.8) is 0 Å². The Morgan fingerprint density at radius 1 is 0.378 bits per heavy atom. The van der Waals surface area contributed by atoms with Crippen LogP contribution in [0.2, 0.25) is 12.1 Å². The van der Waals surface area contributed by atoms with Gasteiger partial charge in [0.2, 0.25) is 0 Å². The quantitative estimate of drug-likeness (QED) is 0.136. The van der Waals surface area contributed by atoms with Crippen LogP contribution in [0.4, 0.5) is 17.1 Å². The summed E-state index contributed by atoms with van der Waals surface area (Å²) in [5.41, 5.74) is 4.03. The molecule has 2 aliphatic heterocycles. The lowest BCUT2D eigenvalue weighted by Crippen LogP contribution is -2.63. The van der Waals surface area contributed by atoms with Crippen LogP contribution in [0.5, 0.6) is 0 Å². The van der Waals surface area contributed by atoms with Crippen molar-refractivity contribution in [3.05, 3.63) is 140 Å². The monoisotopic (exact) mass is 591 g/mol. The third-order valence-corrected chi connectivity index (χ3v) is 16.3. The molecule has 0 aliphatic carbocycles. The Morgan fingerprint density at radius 2 is 0.800 bits per heavy atom. The number of nitrogens with zero attached hydrogens (tertiary/aromatic N) is 1. The molecule has 0 saturated carbocycles. The van der Waals surface area contributed by atoms with E-state index in [4.69, 9.17) is 0 Å². The average molecular weight is 592 g/mol. The van der Waals surface area contributed by atoms with Crippen LogP contribution >= 0.6 is 0 Å². The molecule has 1 saturated heterocycles. The zero-order valence-electron chi connectivity index (χ0n) is 25.3. The molecule has 10 rings (SSSR count). The lowest BCUT2D eigenvalue weighted by atomic mass is 9.87. The fourth-order valence-corrected chi connectivity index (χ4v) is 14.7. The molecule has 8 aromatic rings. The maximum atomic E-state index is 2.58. The van der Waals surface area contributed by atoms with Gasteiger partial charge in [-0.25, -0.2) is 0 Å². The molecule has 1 nitrogen and oxygen atoms in total. The Hall–Kier alpha value is -4.92. The molecule has 0 radical (unpaired) electrons. The molecule has 0 aromatic heterocycles. The zero-order valence-corrected chi connectivity index (χ0v) is 26.3. The van der Waals surface area contributed by atoms with E-state index in [0.29, 0.717) is 0 Å². The molecule has 0 atom stereocenters. The van der Waals surface area contributed by atoms with Crippen molar-refractivity contribution < 1.29 is 0 Å². The van der Waals surface area contributed by atoms with Gasteiger partial charge in [-0.05, 0) is 101 Å². The molecule has 0 unspecified atom stereocenters. The Balaban J connectivity index is 1.35. The third kappa shape index (κ3) is 3.43. The second-order valence-electron chi connectivity index (χ2n) is 13.1. The molecule has 2 aliphatic rings. The Kier molecular flexibility index (Phi) is 5.38. The first-order valence-electron chi connectivity index (χ1n) is 16.5. The van der Waals surface area contributed by atoms with Gasteiger partial charge < -0.3 is 4.90 Å². The maximum absolute atomic E-state index is 2.58. The van der Waals surface area contributed by atoms with E-state index < -0.39 is 8.07 Å². The fourth-order valence-electron chi connectivity index (χ4n) is 9.14.